The SMILES string of the molecule is CC(C)N(C(=O)[C@H](C)OC(=O)c1ccc(-c2ccc([N+](=O)[O-])cc2Cl)o1)C(C)C. The van der Waals surface area contributed by atoms with E-state index in [9.17, 15) is 19.7 Å². The van der Waals surface area contributed by atoms with Crippen LogP contribution in [-0.2, 0) is 9.53 Å². The van der Waals surface area contributed by atoms with Gasteiger partial charge in [0.1, 0.15) is 5.76 Å². The Morgan fingerprint density at radius 2 is 1.72 bits per heavy atom. The van der Waals surface area contributed by atoms with Gasteiger partial charge in [-0.3, -0.25) is 14.9 Å². The van der Waals surface area contributed by atoms with Gasteiger partial charge in [0, 0.05) is 29.8 Å². The van der Waals surface area contributed by atoms with Gasteiger partial charge >= 0.3 is 5.97 Å². The third kappa shape index (κ3) is 5.14. The van der Waals surface area contributed by atoms with Gasteiger partial charge in [0.2, 0.25) is 5.76 Å². The third-order valence-electron chi connectivity index (χ3n) is 4.23. The van der Waals surface area contributed by atoms with Crippen LogP contribution in [0.15, 0.2) is 34.7 Å². The molecule has 0 aliphatic carbocycles. The Kier molecular flexibility index (Phi) is 7.02. The van der Waals surface area contributed by atoms with Gasteiger partial charge in [-0.15, -0.1) is 0 Å². The van der Waals surface area contributed by atoms with Crippen LogP contribution in [0.4, 0.5) is 5.69 Å². The van der Waals surface area contributed by atoms with Crippen molar-refractivity contribution in [2.45, 2.75) is 52.8 Å². The Morgan fingerprint density at radius 3 is 2.24 bits per heavy atom. The van der Waals surface area contributed by atoms with Gasteiger partial charge in [-0.1, -0.05) is 11.6 Å². The van der Waals surface area contributed by atoms with E-state index in [1.54, 1.807) is 4.90 Å². The lowest BCUT2D eigenvalue weighted by Crippen LogP contribution is -2.47. The fraction of sp³-hybridized carbons (Fsp3) is 0.400. The number of nitro groups is 1. The molecule has 2 aromatic rings. The van der Waals surface area contributed by atoms with Crippen molar-refractivity contribution in [3.05, 3.63) is 51.2 Å². The number of nitro benzene ring substituents is 1. The van der Waals surface area contributed by atoms with Gasteiger partial charge in [-0.2, -0.15) is 0 Å². The van der Waals surface area contributed by atoms with Crippen molar-refractivity contribution in [1.29, 1.82) is 0 Å². The Balaban J connectivity index is 2.15. The Morgan fingerprint density at radius 1 is 1.10 bits per heavy atom. The van der Waals surface area contributed by atoms with Crippen LogP contribution in [0.5, 0.6) is 0 Å². The van der Waals surface area contributed by atoms with Crippen molar-refractivity contribution in [2.24, 2.45) is 0 Å². The maximum absolute atomic E-state index is 12.6. The van der Waals surface area contributed by atoms with Crippen LogP contribution in [0.3, 0.4) is 0 Å². The molecule has 0 unspecified atom stereocenters. The molecule has 0 saturated carbocycles. The highest BCUT2D eigenvalue weighted by atomic mass is 35.5. The van der Waals surface area contributed by atoms with E-state index in [2.05, 4.69) is 0 Å². The lowest BCUT2D eigenvalue weighted by molar-refractivity contribution is -0.384. The minimum Gasteiger partial charge on any atom is -0.449 e. The number of carbonyl (C=O) groups excluding carboxylic acids is 2. The molecule has 0 bridgehead atoms. The topological polar surface area (TPSA) is 103 Å². The number of hydrogen-bond acceptors (Lipinski definition) is 6. The first-order chi connectivity index (χ1) is 13.5. The van der Waals surface area contributed by atoms with E-state index in [-0.39, 0.29) is 40.2 Å². The second-order valence-electron chi connectivity index (χ2n) is 7.07. The first kappa shape index (κ1) is 22.4. The standard InChI is InChI=1S/C20H23ClN2O6/c1-11(2)22(12(3)4)19(24)13(5)28-20(25)18-9-8-17(29-18)15-7-6-14(23(26)27)10-16(15)21/h6-13H,1-5H3/t13-/m0/s1. The molecule has 1 amide bonds. The average molecular weight is 423 g/mol. The smallest absolute Gasteiger partial charge is 0.375 e. The van der Waals surface area contributed by atoms with E-state index in [4.69, 9.17) is 20.8 Å². The van der Waals surface area contributed by atoms with E-state index < -0.39 is 17.0 Å². The molecule has 2 rings (SSSR count). The predicted octanol–water partition coefficient (Wildman–Crippen LogP) is 4.70. The lowest BCUT2D eigenvalue weighted by Gasteiger charge is -2.32. The van der Waals surface area contributed by atoms with E-state index in [1.807, 2.05) is 27.7 Å². The van der Waals surface area contributed by atoms with Gasteiger partial charge in [0.15, 0.2) is 6.10 Å². The van der Waals surface area contributed by atoms with Crippen LogP contribution >= 0.6 is 11.6 Å². The number of rotatable bonds is 7. The third-order valence-corrected chi connectivity index (χ3v) is 4.55. The van der Waals surface area contributed by atoms with E-state index >= 15 is 0 Å². The summed E-state index contributed by atoms with van der Waals surface area (Å²) in [6.07, 6.45) is -0.983. The highest BCUT2D eigenvalue weighted by Gasteiger charge is 2.29. The Hall–Kier alpha value is -2.87. The molecule has 0 saturated heterocycles. The maximum Gasteiger partial charge on any atom is 0.375 e. The molecule has 29 heavy (non-hydrogen) atoms. The van der Waals surface area contributed by atoms with Gasteiger partial charge in [0.25, 0.3) is 11.6 Å². The molecule has 1 atom stereocenters. The zero-order chi connectivity index (χ0) is 21.9. The number of furan rings is 1. The molecule has 0 fully saturated rings. The zero-order valence-electron chi connectivity index (χ0n) is 16.8. The molecule has 8 nitrogen and oxygen atoms in total. The second-order valence-corrected chi connectivity index (χ2v) is 7.47. The highest BCUT2D eigenvalue weighted by Crippen LogP contribution is 2.32. The van der Waals surface area contributed by atoms with Crippen molar-refractivity contribution < 1.29 is 23.7 Å². The molecule has 1 aromatic carbocycles. The Labute approximate surface area is 173 Å². The molecule has 0 N–H and O–H groups in total. The molecule has 1 heterocycles. The number of halogens is 1. The number of ether oxygens (including phenoxy) is 1. The largest absolute Gasteiger partial charge is 0.449 e. The van der Waals surface area contributed by atoms with Gasteiger partial charge in [-0.25, -0.2) is 4.79 Å². The summed E-state index contributed by atoms with van der Waals surface area (Å²) in [7, 11) is 0. The molecule has 9 heteroatoms. The quantitative estimate of drug-likeness (QED) is 0.364. The van der Waals surface area contributed by atoms with Crippen molar-refractivity contribution >= 4 is 29.2 Å². The summed E-state index contributed by atoms with van der Waals surface area (Å²) in [5.74, 6) is -0.937. The molecule has 0 aliphatic rings. The first-order valence-corrected chi connectivity index (χ1v) is 9.48. The fourth-order valence-corrected chi connectivity index (χ4v) is 3.26. The molecule has 0 spiro atoms. The number of carbonyl (C=O) groups is 2. The normalized spacial score (nSPS) is 12.1. The summed E-state index contributed by atoms with van der Waals surface area (Å²) in [5.41, 5.74) is 0.239. The number of nitrogens with zero attached hydrogens (tertiary/aromatic N) is 2. The van der Waals surface area contributed by atoms with E-state index in [0.717, 1.165) is 0 Å². The molecule has 156 valence electrons. The average Bonchev–Trinajstić information content (AvgIpc) is 3.10. The molecule has 0 aliphatic heterocycles. The van der Waals surface area contributed by atoms with Crippen LogP contribution in [0.25, 0.3) is 11.3 Å². The zero-order valence-corrected chi connectivity index (χ0v) is 17.6. The highest BCUT2D eigenvalue weighted by molar-refractivity contribution is 6.33. The summed E-state index contributed by atoms with van der Waals surface area (Å²) < 4.78 is 10.8. The van der Waals surface area contributed by atoms with E-state index in [1.165, 1.54) is 37.3 Å². The molecular weight excluding hydrogens is 400 g/mol. The second kappa shape index (κ2) is 9.09. The van der Waals surface area contributed by atoms with Crippen LogP contribution in [0, 0.1) is 10.1 Å². The summed E-state index contributed by atoms with van der Waals surface area (Å²) in [6.45, 7) is 9.06. The number of amides is 1. The van der Waals surface area contributed by atoms with Crippen molar-refractivity contribution in [1.82, 2.24) is 4.90 Å². The predicted molar refractivity (Wildman–Crippen MR) is 108 cm³/mol. The van der Waals surface area contributed by atoms with E-state index in [0.29, 0.717) is 5.56 Å². The fourth-order valence-electron chi connectivity index (χ4n) is 2.99. The van der Waals surface area contributed by atoms with Crippen molar-refractivity contribution in [2.75, 3.05) is 0 Å². The maximum atomic E-state index is 12.6. The summed E-state index contributed by atoms with van der Waals surface area (Å²) in [5, 5.41) is 10.9. The molecular formula is C20H23ClN2O6. The number of benzene rings is 1. The number of esters is 1. The van der Waals surface area contributed by atoms with Crippen LogP contribution in [0.1, 0.15) is 45.2 Å². The summed E-state index contributed by atoms with van der Waals surface area (Å²) >= 11 is 6.09. The summed E-state index contributed by atoms with van der Waals surface area (Å²) in [6, 6.07) is 6.75. The van der Waals surface area contributed by atoms with Crippen molar-refractivity contribution in [3.8, 4) is 11.3 Å². The lowest BCUT2D eigenvalue weighted by atomic mass is 10.1. The Bertz CT molecular complexity index is 913. The summed E-state index contributed by atoms with van der Waals surface area (Å²) in [4.78, 5) is 36.9. The first-order valence-electron chi connectivity index (χ1n) is 9.10. The number of non-ortho nitro benzene ring substituents is 1. The minimum absolute atomic E-state index is 0.0388. The van der Waals surface area contributed by atoms with Crippen LogP contribution in [0.2, 0.25) is 5.02 Å². The van der Waals surface area contributed by atoms with Gasteiger partial charge < -0.3 is 14.1 Å². The number of hydrogen-bond donors (Lipinski definition) is 0. The monoisotopic (exact) mass is 422 g/mol. The van der Waals surface area contributed by atoms with Gasteiger partial charge in [-0.05, 0) is 52.8 Å². The van der Waals surface area contributed by atoms with Crippen LogP contribution < -0.4 is 0 Å². The van der Waals surface area contributed by atoms with Gasteiger partial charge in [0.05, 0.1) is 9.95 Å². The molecule has 0 radical (unpaired) electrons. The molecule has 1 aromatic heterocycles. The van der Waals surface area contributed by atoms with Crippen molar-refractivity contribution in [3.63, 3.8) is 0 Å². The minimum atomic E-state index is -0.983. The van der Waals surface area contributed by atoms with Crippen LogP contribution in [-0.4, -0.2) is 39.9 Å².